The SMILES string of the molecule is COS(=O)(=O)C1CN(C(c2ccc(Cl)cc2)c2ccc(Cl)cc2)C1. The molecule has 1 saturated heterocycles. The van der Waals surface area contributed by atoms with E-state index in [1.54, 1.807) is 0 Å². The quantitative estimate of drug-likeness (QED) is 0.735. The van der Waals surface area contributed by atoms with Crippen molar-refractivity contribution in [2.45, 2.75) is 11.3 Å². The second-order valence-electron chi connectivity index (χ2n) is 5.74. The highest BCUT2D eigenvalue weighted by Crippen LogP contribution is 2.35. The fourth-order valence-electron chi connectivity index (χ4n) is 2.90. The zero-order chi connectivity index (χ0) is 17.3. The molecule has 1 aliphatic rings. The third kappa shape index (κ3) is 3.60. The first-order valence-corrected chi connectivity index (χ1v) is 9.68. The molecular formula is C17H17Cl2NO3S. The zero-order valence-electron chi connectivity index (χ0n) is 13.0. The van der Waals surface area contributed by atoms with E-state index in [0.29, 0.717) is 23.1 Å². The smallest absolute Gasteiger partial charge is 0.272 e. The van der Waals surface area contributed by atoms with Gasteiger partial charge in [0, 0.05) is 23.1 Å². The first kappa shape index (κ1) is 17.7. The largest absolute Gasteiger partial charge is 0.289 e. The lowest BCUT2D eigenvalue weighted by Gasteiger charge is -2.43. The third-order valence-electron chi connectivity index (χ3n) is 4.25. The highest BCUT2D eigenvalue weighted by molar-refractivity contribution is 7.87. The molecule has 24 heavy (non-hydrogen) atoms. The topological polar surface area (TPSA) is 46.6 Å². The van der Waals surface area contributed by atoms with Crippen LogP contribution in [0.3, 0.4) is 0 Å². The lowest BCUT2D eigenvalue weighted by Crippen LogP contribution is -2.56. The Hall–Kier alpha value is -1.11. The van der Waals surface area contributed by atoms with Gasteiger partial charge in [-0.2, -0.15) is 8.42 Å². The number of rotatable bonds is 5. The number of nitrogens with zero attached hydrogens (tertiary/aromatic N) is 1. The van der Waals surface area contributed by atoms with Crippen molar-refractivity contribution < 1.29 is 12.6 Å². The third-order valence-corrected chi connectivity index (χ3v) is 6.34. The molecular weight excluding hydrogens is 369 g/mol. The summed E-state index contributed by atoms with van der Waals surface area (Å²) in [5, 5.41) is 0.832. The van der Waals surface area contributed by atoms with E-state index in [2.05, 4.69) is 9.08 Å². The lowest BCUT2D eigenvalue weighted by molar-refractivity contribution is 0.137. The van der Waals surface area contributed by atoms with Crippen LogP contribution in [0.15, 0.2) is 48.5 Å². The molecule has 0 radical (unpaired) electrons. The standard InChI is InChI=1S/C17H17Cl2NO3S/c1-23-24(21,22)16-10-20(11-16)17(12-2-6-14(18)7-3-12)13-4-8-15(19)9-5-13/h2-9,16-17H,10-11H2,1H3. The van der Waals surface area contributed by atoms with Crippen LogP contribution in [-0.2, 0) is 14.3 Å². The zero-order valence-corrected chi connectivity index (χ0v) is 15.4. The molecule has 0 aromatic heterocycles. The van der Waals surface area contributed by atoms with Gasteiger partial charge in [-0.3, -0.25) is 9.08 Å². The average Bonchev–Trinajstić information content (AvgIpc) is 2.52. The molecule has 1 aliphatic heterocycles. The van der Waals surface area contributed by atoms with Crippen molar-refractivity contribution in [3.05, 3.63) is 69.7 Å². The summed E-state index contributed by atoms with van der Waals surface area (Å²) in [4.78, 5) is 2.10. The van der Waals surface area contributed by atoms with E-state index in [0.717, 1.165) is 11.1 Å². The van der Waals surface area contributed by atoms with Crippen molar-refractivity contribution in [3.8, 4) is 0 Å². The minimum absolute atomic E-state index is 0.0529. The van der Waals surface area contributed by atoms with Gasteiger partial charge in [0.2, 0.25) is 0 Å². The Labute approximate surface area is 152 Å². The van der Waals surface area contributed by atoms with E-state index in [1.807, 2.05) is 48.5 Å². The maximum atomic E-state index is 11.8. The molecule has 3 rings (SSSR count). The van der Waals surface area contributed by atoms with Crippen molar-refractivity contribution in [2.24, 2.45) is 0 Å². The van der Waals surface area contributed by atoms with E-state index in [-0.39, 0.29) is 6.04 Å². The molecule has 0 aliphatic carbocycles. The average molecular weight is 386 g/mol. The van der Waals surface area contributed by atoms with Gasteiger partial charge in [-0.05, 0) is 35.4 Å². The van der Waals surface area contributed by atoms with Crippen LogP contribution in [-0.4, -0.2) is 38.8 Å². The second kappa shape index (κ2) is 7.02. The number of likely N-dealkylation sites (tertiary alicyclic amines) is 1. The Morgan fingerprint density at radius 1 is 0.958 bits per heavy atom. The van der Waals surface area contributed by atoms with Gasteiger partial charge in [-0.25, -0.2) is 0 Å². The molecule has 2 aromatic carbocycles. The first-order chi connectivity index (χ1) is 11.4. The summed E-state index contributed by atoms with van der Waals surface area (Å²) in [5.41, 5.74) is 2.10. The Bertz CT molecular complexity index is 755. The van der Waals surface area contributed by atoms with Crippen molar-refractivity contribution in [3.63, 3.8) is 0 Å². The van der Waals surface area contributed by atoms with Gasteiger partial charge in [-0.1, -0.05) is 47.5 Å². The number of benzene rings is 2. The van der Waals surface area contributed by atoms with Gasteiger partial charge in [0.05, 0.1) is 13.2 Å². The normalized spacial score (nSPS) is 16.3. The van der Waals surface area contributed by atoms with Gasteiger partial charge >= 0.3 is 0 Å². The van der Waals surface area contributed by atoms with Crippen LogP contribution in [0.5, 0.6) is 0 Å². The number of hydrogen-bond acceptors (Lipinski definition) is 4. The van der Waals surface area contributed by atoms with Gasteiger partial charge < -0.3 is 0 Å². The molecule has 0 unspecified atom stereocenters. The van der Waals surface area contributed by atoms with Crippen molar-refractivity contribution in [1.29, 1.82) is 0 Å². The fraction of sp³-hybridized carbons (Fsp3) is 0.294. The lowest BCUT2D eigenvalue weighted by atomic mass is 9.94. The van der Waals surface area contributed by atoms with Crippen LogP contribution in [0.25, 0.3) is 0 Å². The fourth-order valence-corrected chi connectivity index (χ4v) is 4.18. The Kier molecular flexibility index (Phi) is 5.18. The van der Waals surface area contributed by atoms with Crippen LogP contribution in [0, 0.1) is 0 Å². The Balaban J connectivity index is 1.89. The molecule has 2 aromatic rings. The summed E-state index contributed by atoms with van der Waals surface area (Å²) < 4.78 is 28.3. The van der Waals surface area contributed by atoms with Gasteiger partial charge in [0.1, 0.15) is 5.25 Å². The summed E-state index contributed by atoms with van der Waals surface area (Å²) in [6, 6.07) is 15.1. The minimum atomic E-state index is -3.49. The Morgan fingerprint density at radius 2 is 1.38 bits per heavy atom. The summed E-state index contributed by atoms with van der Waals surface area (Å²) in [7, 11) is -2.29. The maximum Gasteiger partial charge on any atom is 0.272 e. The molecule has 0 N–H and O–H groups in total. The summed E-state index contributed by atoms with van der Waals surface area (Å²) in [6.45, 7) is 0.845. The number of halogens is 2. The van der Waals surface area contributed by atoms with E-state index in [9.17, 15) is 8.42 Å². The van der Waals surface area contributed by atoms with Gasteiger partial charge in [0.15, 0.2) is 0 Å². The van der Waals surface area contributed by atoms with E-state index >= 15 is 0 Å². The van der Waals surface area contributed by atoms with Crippen LogP contribution >= 0.6 is 23.2 Å². The van der Waals surface area contributed by atoms with Gasteiger partial charge in [0.25, 0.3) is 10.1 Å². The van der Waals surface area contributed by atoms with Crippen LogP contribution in [0.2, 0.25) is 10.0 Å². The van der Waals surface area contributed by atoms with Crippen LogP contribution in [0.1, 0.15) is 17.2 Å². The Morgan fingerprint density at radius 3 is 1.75 bits per heavy atom. The van der Waals surface area contributed by atoms with E-state index in [1.165, 1.54) is 7.11 Å². The summed E-state index contributed by atoms with van der Waals surface area (Å²) >= 11 is 12.0. The molecule has 0 bridgehead atoms. The van der Waals surface area contributed by atoms with Gasteiger partial charge in [-0.15, -0.1) is 0 Å². The minimum Gasteiger partial charge on any atom is -0.289 e. The van der Waals surface area contributed by atoms with Crippen molar-refractivity contribution in [1.82, 2.24) is 4.90 Å². The monoisotopic (exact) mass is 385 g/mol. The first-order valence-electron chi connectivity index (χ1n) is 7.45. The van der Waals surface area contributed by atoms with Crippen LogP contribution < -0.4 is 0 Å². The molecule has 0 saturated carbocycles. The van der Waals surface area contributed by atoms with Crippen molar-refractivity contribution in [2.75, 3.05) is 20.2 Å². The molecule has 1 fully saturated rings. The number of hydrogen-bond donors (Lipinski definition) is 0. The van der Waals surface area contributed by atoms with Crippen molar-refractivity contribution >= 4 is 33.3 Å². The molecule has 0 amide bonds. The molecule has 7 heteroatoms. The van der Waals surface area contributed by atoms with E-state index in [4.69, 9.17) is 23.2 Å². The predicted octanol–water partition coefficient (Wildman–Crippen LogP) is 3.74. The summed E-state index contributed by atoms with van der Waals surface area (Å²) in [5.74, 6) is 0. The predicted molar refractivity (Wildman–Crippen MR) is 96.0 cm³/mol. The highest BCUT2D eigenvalue weighted by atomic mass is 35.5. The molecule has 4 nitrogen and oxygen atoms in total. The second-order valence-corrected chi connectivity index (χ2v) is 8.60. The maximum absolute atomic E-state index is 11.8. The molecule has 1 heterocycles. The summed E-state index contributed by atoms with van der Waals surface area (Å²) in [6.07, 6.45) is 0. The van der Waals surface area contributed by atoms with E-state index < -0.39 is 15.4 Å². The molecule has 0 atom stereocenters. The van der Waals surface area contributed by atoms with Crippen LogP contribution in [0.4, 0.5) is 0 Å². The molecule has 0 spiro atoms. The highest BCUT2D eigenvalue weighted by Gasteiger charge is 2.41. The molecule has 128 valence electrons.